The number of nitrogens with one attached hydrogen (secondary N) is 1. The van der Waals surface area contributed by atoms with Gasteiger partial charge in [0.15, 0.2) is 0 Å². The van der Waals surface area contributed by atoms with Gasteiger partial charge in [-0.3, -0.25) is 9.78 Å². The van der Waals surface area contributed by atoms with Gasteiger partial charge in [0.1, 0.15) is 0 Å². The molecule has 94 valence electrons. The van der Waals surface area contributed by atoms with E-state index in [0.717, 1.165) is 31.7 Å². The lowest BCUT2D eigenvalue weighted by Crippen LogP contribution is -2.31. The molecule has 0 saturated heterocycles. The van der Waals surface area contributed by atoms with E-state index in [1.165, 1.54) is 0 Å². The van der Waals surface area contributed by atoms with Gasteiger partial charge in [-0.1, -0.05) is 6.92 Å². The fraction of sp³-hybridized carbons (Fsp3) is 0.538. The average Bonchev–Trinajstić information content (AvgIpc) is 2.38. The van der Waals surface area contributed by atoms with Crippen LogP contribution in [0.5, 0.6) is 0 Å². The predicted molar refractivity (Wildman–Crippen MR) is 70.3 cm³/mol. The summed E-state index contributed by atoms with van der Waals surface area (Å²) in [6.45, 7) is 8.37. The first-order chi connectivity index (χ1) is 8.24. The fourth-order valence-electron chi connectivity index (χ4n) is 1.66. The zero-order valence-electron chi connectivity index (χ0n) is 10.9. The number of aromatic nitrogens is 1. The maximum Gasteiger partial charge on any atom is 0.256 e. The van der Waals surface area contributed by atoms with Crippen molar-refractivity contribution in [3.8, 4) is 0 Å². The molecule has 1 aromatic rings. The van der Waals surface area contributed by atoms with Gasteiger partial charge >= 0.3 is 0 Å². The number of pyridine rings is 1. The molecular formula is C13H21N3O. The van der Waals surface area contributed by atoms with Crippen LogP contribution in [-0.2, 0) is 0 Å². The van der Waals surface area contributed by atoms with Crippen molar-refractivity contribution in [3.05, 3.63) is 24.0 Å². The number of anilines is 1. The largest absolute Gasteiger partial charge is 0.383 e. The molecule has 0 atom stereocenters. The molecule has 1 amide bonds. The third-order valence-corrected chi connectivity index (χ3v) is 2.67. The van der Waals surface area contributed by atoms with Gasteiger partial charge in [-0.05, 0) is 26.3 Å². The van der Waals surface area contributed by atoms with Crippen LogP contribution in [0.3, 0.4) is 0 Å². The summed E-state index contributed by atoms with van der Waals surface area (Å²) < 4.78 is 0. The molecule has 1 N–H and O–H groups in total. The van der Waals surface area contributed by atoms with Crippen LogP contribution in [0.15, 0.2) is 18.5 Å². The molecule has 4 heteroatoms. The molecule has 4 nitrogen and oxygen atoms in total. The Hall–Kier alpha value is -1.58. The summed E-state index contributed by atoms with van der Waals surface area (Å²) in [5.41, 5.74) is 1.53. The quantitative estimate of drug-likeness (QED) is 0.823. The second kappa shape index (κ2) is 6.89. The molecule has 0 bridgehead atoms. The Morgan fingerprint density at radius 2 is 2.06 bits per heavy atom. The molecule has 0 unspecified atom stereocenters. The van der Waals surface area contributed by atoms with Gasteiger partial charge in [-0.2, -0.15) is 0 Å². The fourth-order valence-corrected chi connectivity index (χ4v) is 1.66. The lowest BCUT2D eigenvalue weighted by atomic mass is 10.2. The minimum Gasteiger partial charge on any atom is -0.383 e. The lowest BCUT2D eigenvalue weighted by Gasteiger charge is -2.20. The van der Waals surface area contributed by atoms with E-state index in [1.54, 1.807) is 18.5 Å². The first-order valence-electron chi connectivity index (χ1n) is 6.21. The molecule has 1 heterocycles. The summed E-state index contributed by atoms with van der Waals surface area (Å²) in [7, 11) is 0. The van der Waals surface area contributed by atoms with E-state index < -0.39 is 0 Å². The molecule has 1 aromatic heterocycles. The smallest absolute Gasteiger partial charge is 0.256 e. The molecule has 0 radical (unpaired) electrons. The van der Waals surface area contributed by atoms with Crippen molar-refractivity contribution in [2.75, 3.05) is 25.0 Å². The van der Waals surface area contributed by atoms with Crippen LogP contribution in [0.25, 0.3) is 0 Å². The van der Waals surface area contributed by atoms with Crippen LogP contribution >= 0.6 is 0 Å². The molecule has 0 saturated carbocycles. The number of carbonyl (C=O) groups excluding carboxylic acids is 1. The second-order valence-electron chi connectivity index (χ2n) is 3.83. The number of amides is 1. The number of carbonyl (C=O) groups is 1. The zero-order valence-corrected chi connectivity index (χ0v) is 10.9. The Morgan fingerprint density at radius 3 is 2.65 bits per heavy atom. The summed E-state index contributed by atoms with van der Waals surface area (Å²) >= 11 is 0. The van der Waals surface area contributed by atoms with Crippen LogP contribution in [0.2, 0.25) is 0 Å². The normalized spacial score (nSPS) is 10.1. The molecule has 0 aliphatic heterocycles. The van der Waals surface area contributed by atoms with E-state index in [9.17, 15) is 4.79 Å². The van der Waals surface area contributed by atoms with Crippen molar-refractivity contribution >= 4 is 11.6 Å². The molecule has 0 aromatic carbocycles. The topological polar surface area (TPSA) is 45.2 Å². The summed E-state index contributed by atoms with van der Waals surface area (Å²) in [6, 6.07) is 1.78. The van der Waals surface area contributed by atoms with Gasteiger partial charge in [0.2, 0.25) is 0 Å². The predicted octanol–water partition coefficient (Wildman–Crippen LogP) is 2.39. The van der Waals surface area contributed by atoms with Crippen molar-refractivity contribution in [3.63, 3.8) is 0 Å². The van der Waals surface area contributed by atoms with Crippen LogP contribution < -0.4 is 5.32 Å². The van der Waals surface area contributed by atoms with Gasteiger partial charge in [-0.15, -0.1) is 0 Å². The first kappa shape index (κ1) is 13.5. The Bertz CT molecular complexity index is 361. The van der Waals surface area contributed by atoms with Crippen molar-refractivity contribution in [1.29, 1.82) is 0 Å². The molecule has 1 rings (SSSR count). The Labute approximate surface area is 103 Å². The lowest BCUT2D eigenvalue weighted by molar-refractivity contribution is 0.0774. The summed E-state index contributed by atoms with van der Waals surface area (Å²) in [6.07, 6.45) is 4.40. The van der Waals surface area contributed by atoms with E-state index in [1.807, 2.05) is 18.7 Å². The SMILES string of the molecule is CCCNc1cnccc1C(=O)N(CC)CC. The highest BCUT2D eigenvalue weighted by molar-refractivity contribution is 5.99. The Balaban J connectivity index is 2.91. The third kappa shape index (κ3) is 3.44. The summed E-state index contributed by atoms with van der Waals surface area (Å²) in [5.74, 6) is 0.0657. The van der Waals surface area contributed by atoms with Gasteiger partial charge in [0, 0.05) is 25.8 Å². The molecule has 0 aliphatic carbocycles. The van der Waals surface area contributed by atoms with Crippen LogP contribution in [-0.4, -0.2) is 35.4 Å². The van der Waals surface area contributed by atoms with Crippen LogP contribution in [0, 0.1) is 0 Å². The van der Waals surface area contributed by atoms with E-state index >= 15 is 0 Å². The number of nitrogens with zero attached hydrogens (tertiary/aromatic N) is 2. The van der Waals surface area contributed by atoms with E-state index in [-0.39, 0.29) is 5.91 Å². The average molecular weight is 235 g/mol. The second-order valence-corrected chi connectivity index (χ2v) is 3.83. The number of hydrogen-bond acceptors (Lipinski definition) is 3. The van der Waals surface area contributed by atoms with Gasteiger partial charge in [0.05, 0.1) is 17.4 Å². The monoisotopic (exact) mass is 235 g/mol. The van der Waals surface area contributed by atoms with Gasteiger partial charge < -0.3 is 10.2 Å². The number of hydrogen-bond donors (Lipinski definition) is 1. The minimum absolute atomic E-state index is 0.0657. The maximum atomic E-state index is 12.2. The standard InChI is InChI=1S/C13H21N3O/c1-4-8-15-12-10-14-9-7-11(12)13(17)16(5-2)6-3/h7,9-10,15H,4-6,8H2,1-3H3. The minimum atomic E-state index is 0.0657. The van der Waals surface area contributed by atoms with E-state index in [0.29, 0.717) is 5.56 Å². The van der Waals surface area contributed by atoms with Crippen molar-refractivity contribution < 1.29 is 4.79 Å². The van der Waals surface area contributed by atoms with Crippen LogP contribution in [0.1, 0.15) is 37.6 Å². The van der Waals surface area contributed by atoms with Gasteiger partial charge in [0.25, 0.3) is 5.91 Å². The zero-order chi connectivity index (χ0) is 12.7. The number of rotatable bonds is 6. The van der Waals surface area contributed by atoms with Gasteiger partial charge in [-0.25, -0.2) is 0 Å². The third-order valence-electron chi connectivity index (χ3n) is 2.67. The Kier molecular flexibility index (Phi) is 5.46. The highest BCUT2D eigenvalue weighted by Gasteiger charge is 2.15. The van der Waals surface area contributed by atoms with Crippen molar-refractivity contribution in [2.45, 2.75) is 27.2 Å². The highest BCUT2D eigenvalue weighted by atomic mass is 16.2. The molecule has 0 fully saturated rings. The summed E-state index contributed by atoms with van der Waals surface area (Å²) in [4.78, 5) is 18.1. The molecule has 0 spiro atoms. The molecule has 0 aliphatic rings. The van der Waals surface area contributed by atoms with E-state index in [2.05, 4.69) is 17.2 Å². The highest BCUT2D eigenvalue weighted by Crippen LogP contribution is 2.15. The Morgan fingerprint density at radius 1 is 1.35 bits per heavy atom. The summed E-state index contributed by atoms with van der Waals surface area (Å²) in [5, 5.41) is 3.24. The van der Waals surface area contributed by atoms with Crippen molar-refractivity contribution in [1.82, 2.24) is 9.88 Å². The maximum absolute atomic E-state index is 12.2. The van der Waals surface area contributed by atoms with Crippen molar-refractivity contribution in [2.24, 2.45) is 0 Å². The molecule has 17 heavy (non-hydrogen) atoms. The first-order valence-corrected chi connectivity index (χ1v) is 6.21. The van der Waals surface area contributed by atoms with E-state index in [4.69, 9.17) is 0 Å². The van der Waals surface area contributed by atoms with Crippen LogP contribution in [0.4, 0.5) is 5.69 Å². The molecular weight excluding hydrogens is 214 g/mol.